The number of nitrogens with two attached hydrogens (primary N) is 1. The predicted molar refractivity (Wildman–Crippen MR) is 72.3 cm³/mol. The lowest BCUT2D eigenvalue weighted by atomic mass is 9.93. The first kappa shape index (κ1) is 13.8. The average Bonchev–Trinajstić information content (AvgIpc) is 2.84. The topological polar surface area (TPSA) is 105 Å². The fourth-order valence-electron chi connectivity index (χ4n) is 1.93. The van der Waals surface area contributed by atoms with E-state index in [-0.39, 0.29) is 5.91 Å². The summed E-state index contributed by atoms with van der Waals surface area (Å²) in [5, 5.41) is 12.8. The van der Waals surface area contributed by atoms with E-state index >= 15 is 0 Å². The van der Waals surface area contributed by atoms with Crippen LogP contribution in [0.2, 0.25) is 0 Å². The number of amides is 1. The number of carboxylic acid groups (broad SMARTS) is 1. The Morgan fingerprint density at radius 1 is 1.58 bits per heavy atom. The number of anilines is 1. The van der Waals surface area contributed by atoms with Crippen LogP contribution < -0.4 is 11.1 Å². The van der Waals surface area contributed by atoms with Crippen molar-refractivity contribution in [1.29, 1.82) is 0 Å². The van der Waals surface area contributed by atoms with Crippen LogP contribution in [0.25, 0.3) is 0 Å². The van der Waals surface area contributed by atoms with E-state index in [1.807, 2.05) is 0 Å². The summed E-state index contributed by atoms with van der Waals surface area (Å²) in [6, 6.07) is 0. The number of hydrogen-bond acceptors (Lipinski definition) is 5. The molecule has 4 N–H and O–H groups in total. The van der Waals surface area contributed by atoms with Crippen molar-refractivity contribution >= 4 is 28.3 Å². The summed E-state index contributed by atoms with van der Waals surface area (Å²) in [5.74, 6) is -1.70. The number of aliphatic carboxylic acids is 1. The van der Waals surface area contributed by atoms with Gasteiger partial charge in [0.1, 0.15) is 5.92 Å². The van der Waals surface area contributed by atoms with Crippen molar-refractivity contribution in [3.05, 3.63) is 10.6 Å². The molecule has 1 unspecified atom stereocenters. The van der Waals surface area contributed by atoms with Crippen LogP contribution in [0.1, 0.15) is 36.8 Å². The van der Waals surface area contributed by atoms with Crippen molar-refractivity contribution in [1.82, 2.24) is 4.98 Å². The van der Waals surface area contributed by atoms with E-state index in [1.165, 1.54) is 11.3 Å². The molecule has 1 atom stereocenters. The van der Waals surface area contributed by atoms with E-state index < -0.39 is 17.3 Å². The molecular formula is C12H17N3O3S. The van der Waals surface area contributed by atoms with Crippen LogP contribution in [-0.4, -0.2) is 28.5 Å². The smallest absolute Gasteiger partial charge is 0.312 e. The Kier molecular flexibility index (Phi) is 3.49. The summed E-state index contributed by atoms with van der Waals surface area (Å²) in [6.07, 6.45) is 1.38. The first-order valence-electron chi connectivity index (χ1n) is 6.07. The van der Waals surface area contributed by atoms with Gasteiger partial charge in [0.2, 0.25) is 5.91 Å². The summed E-state index contributed by atoms with van der Waals surface area (Å²) in [4.78, 5) is 27.6. The van der Waals surface area contributed by atoms with Gasteiger partial charge in [-0.25, -0.2) is 4.98 Å². The molecule has 0 aliphatic heterocycles. The molecule has 0 radical (unpaired) electrons. The predicted octanol–water partition coefficient (Wildman–Crippen LogP) is 1.18. The Bertz CT molecular complexity index is 524. The Balaban J connectivity index is 2.07. The van der Waals surface area contributed by atoms with Gasteiger partial charge in [-0.3, -0.25) is 9.59 Å². The van der Waals surface area contributed by atoms with Gasteiger partial charge < -0.3 is 16.2 Å². The van der Waals surface area contributed by atoms with E-state index in [9.17, 15) is 9.59 Å². The molecule has 2 rings (SSSR count). The summed E-state index contributed by atoms with van der Waals surface area (Å²) >= 11 is 1.46. The third-order valence-corrected chi connectivity index (χ3v) is 4.45. The number of primary amides is 1. The van der Waals surface area contributed by atoms with Crippen LogP contribution in [0.5, 0.6) is 0 Å². The second-order valence-electron chi connectivity index (χ2n) is 5.36. The Morgan fingerprint density at radius 3 is 2.84 bits per heavy atom. The molecule has 7 heteroatoms. The van der Waals surface area contributed by atoms with Crippen LogP contribution in [0.3, 0.4) is 0 Å². The first-order chi connectivity index (χ1) is 8.81. The highest BCUT2D eigenvalue weighted by molar-refractivity contribution is 7.15. The number of hydrogen-bond donors (Lipinski definition) is 3. The second-order valence-corrected chi connectivity index (χ2v) is 6.44. The minimum atomic E-state index is -0.826. The number of aryl methyl sites for hydroxylation is 1. The third-order valence-electron chi connectivity index (χ3n) is 3.36. The number of rotatable bonds is 5. The minimum absolute atomic E-state index is 0.381. The maximum Gasteiger partial charge on any atom is 0.312 e. The highest BCUT2D eigenvalue weighted by Crippen LogP contribution is 2.38. The zero-order valence-electron chi connectivity index (χ0n) is 10.9. The molecule has 1 amide bonds. The Morgan fingerprint density at radius 2 is 2.26 bits per heavy atom. The van der Waals surface area contributed by atoms with E-state index in [0.29, 0.717) is 23.8 Å². The van der Waals surface area contributed by atoms with Gasteiger partial charge in [0.05, 0.1) is 11.1 Å². The van der Waals surface area contributed by atoms with Crippen molar-refractivity contribution < 1.29 is 14.7 Å². The summed E-state index contributed by atoms with van der Waals surface area (Å²) < 4.78 is 0. The Labute approximate surface area is 115 Å². The van der Waals surface area contributed by atoms with Crippen LogP contribution in [-0.2, 0) is 16.0 Å². The van der Waals surface area contributed by atoms with Crippen molar-refractivity contribution in [2.24, 2.45) is 11.1 Å². The summed E-state index contributed by atoms with van der Waals surface area (Å²) in [5.41, 5.74) is 5.29. The minimum Gasteiger partial charge on any atom is -0.481 e. The highest BCUT2D eigenvalue weighted by Gasteiger charge is 2.33. The van der Waals surface area contributed by atoms with Crippen molar-refractivity contribution in [3.63, 3.8) is 0 Å². The van der Waals surface area contributed by atoms with Crippen LogP contribution >= 0.6 is 11.3 Å². The molecular weight excluding hydrogens is 266 g/mol. The molecule has 104 valence electrons. The number of nitrogens with zero attached hydrogens (tertiary/aromatic N) is 1. The van der Waals surface area contributed by atoms with Gasteiger partial charge in [-0.15, -0.1) is 11.3 Å². The van der Waals surface area contributed by atoms with Crippen molar-refractivity contribution in [2.45, 2.75) is 32.6 Å². The quantitative estimate of drug-likeness (QED) is 0.752. The van der Waals surface area contributed by atoms with Gasteiger partial charge in [0.15, 0.2) is 5.13 Å². The van der Waals surface area contributed by atoms with Gasteiger partial charge in [-0.2, -0.15) is 0 Å². The molecule has 0 fully saturated rings. The average molecular weight is 283 g/mol. The number of carbonyl (C=O) groups is 2. The normalized spacial score (nSPS) is 18.1. The number of nitrogens with one attached hydrogen (secondary N) is 1. The van der Waals surface area contributed by atoms with E-state index in [4.69, 9.17) is 10.8 Å². The maximum atomic E-state index is 11.2. The van der Waals surface area contributed by atoms with Gasteiger partial charge >= 0.3 is 5.97 Å². The zero-order chi connectivity index (χ0) is 14.2. The largest absolute Gasteiger partial charge is 0.481 e. The highest BCUT2D eigenvalue weighted by atomic mass is 32.1. The molecule has 1 aromatic rings. The fourth-order valence-corrected chi connectivity index (χ4v) is 2.96. The standard InChI is InChI=1S/C12H17N3O3S/c1-12(2,10(13)18)5-14-11-15-8-6(9(16)17)3-4-7(8)19-11/h6H,3-5H2,1-2H3,(H2,13,18)(H,14,15)(H,16,17). The molecule has 1 heterocycles. The van der Waals surface area contributed by atoms with Crippen molar-refractivity contribution in [2.75, 3.05) is 11.9 Å². The van der Waals surface area contributed by atoms with Gasteiger partial charge in [-0.1, -0.05) is 0 Å². The second kappa shape index (κ2) is 4.80. The number of carboxylic acids is 1. The lowest BCUT2D eigenvalue weighted by Crippen LogP contribution is -2.37. The molecule has 1 aliphatic carbocycles. The molecule has 0 saturated heterocycles. The van der Waals surface area contributed by atoms with Crippen LogP contribution in [0.15, 0.2) is 0 Å². The fraction of sp³-hybridized carbons (Fsp3) is 0.583. The van der Waals surface area contributed by atoms with E-state index in [0.717, 1.165) is 11.3 Å². The Hall–Kier alpha value is -1.63. The molecule has 1 aliphatic rings. The molecule has 19 heavy (non-hydrogen) atoms. The lowest BCUT2D eigenvalue weighted by molar-refractivity contribution is -0.138. The van der Waals surface area contributed by atoms with Crippen LogP contribution in [0, 0.1) is 5.41 Å². The number of fused-ring (bicyclic) bond motifs is 1. The molecule has 6 nitrogen and oxygen atoms in total. The van der Waals surface area contributed by atoms with Gasteiger partial charge in [0, 0.05) is 11.4 Å². The van der Waals surface area contributed by atoms with Crippen molar-refractivity contribution in [3.8, 4) is 0 Å². The van der Waals surface area contributed by atoms with Crippen LogP contribution in [0.4, 0.5) is 5.13 Å². The summed E-state index contributed by atoms with van der Waals surface area (Å²) in [7, 11) is 0. The number of aromatic nitrogens is 1. The molecule has 0 spiro atoms. The van der Waals surface area contributed by atoms with E-state index in [2.05, 4.69) is 10.3 Å². The molecule has 0 bridgehead atoms. The van der Waals surface area contributed by atoms with Gasteiger partial charge in [0.25, 0.3) is 0 Å². The summed E-state index contributed by atoms with van der Waals surface area (Å²) in [6.45, 7) is 3.89. The zero-order valence-corrected chi connectivity index (χ0v) is 11.7. The van der Waals surface area contributed by atoms with Gasteiger partial charge in [-0.05, 0) is 26.7 Å². The molecule has 0 saturated carbocycles. The monoisotopic (exact) mass is 283 g/mol. The third kappa shape index (κ3) is 2.70. The SMILES string of the molecule is CC(C)(CNc1nc2c(s1)CCC2C(=O)O)C(N)=O. The maximum absolute atomic E-state index is 11.2. The molecule has 0 aromatic carbocycles. The lowest BCUT2D eigenvalue weighted by Gasteiger charge is -2.20. The number of thiazole rings is 1. The molecule has 1 aromatic heterocycles. The van der Waals surface area contributed by atoms with E-state index in [1.54, 1.807) is 13.8 Å². The number of carbonyl (C=O) groups excluding carboxylic acids is 1. The first-order valence-corrected chi connectivity index (χ1v) is 6.89.